The second-order valence-corrected chi connectivity index (χ2v) is 4.85. The van der Waals surface area contributed by atoms with E-state index in [2.05, 4.69) is 37.6 Å². The van der Waals surface area contributed by atoms with E-state index in [9.17, 15) is 0 Å². The van der Waals surface area contributed by atoms with Crippen LogP contribution in [0.4, 0.5) is 11.5 Å². The van der Waals surface area contributed by atoms with Gasteiger partial charge in [-0.05, 0) is 6.07 Å². The third-order valence-electron chi connectivity index (χ3n) is 3.65. The first-order chi connectivity index (χ1) is 8.93. The highest BCUT2D eigenvalue weighted by atomic mass is 15.2. The van der Waals surface area contributed by atoms with Gasteiger partial charge in [-0.1, -0.05) is 0 Å². The van der Waals surface area contributed by atoms with Gasteiger partial charge in [-0.2, -0.15) is 0 Å². The number of rotatable bonds is 2. The van der Waals surface area contributed by atoms with Crippen LogP contribution in [-0.2, 0) is 0 Å². The number of pyridine rings is 1. The van der Waals surface area contributed by atoms with Crippen LogP contribution in [-0.4, -0.2) is 57.3 Å². The van der Waals surface area contributed by atoms with E-state index in [1.54, 1.807) is 0 Å². The van der Waals surface area contributed by atoms with Gasteiger partial charge in [0.2, 0.25) is 0 Å². The van der Waals surface area contributed by atoms with Gasteiger partial charge < -0.3 is 20.4 Å². The molecule has 3 rings (SSSR count). The van der Waals surface area contributed by atoms with Crippen LogP contribution in [0.5, 0.6) is 0 Å². The summed E-state index contributed by atoms with van der Waals surface area (Å²) in [6.45, 7) is 8.54. The summed E-state index contributed by atoms with van der Waals surface area (Å²) in [5, 5.41) is 6.76. The Balaban J connectivity index is 1.75. The fraction of sp³-hybridized carbons (Fsp3) is 0.615. The molecule has 5 heteroatoms. The lowest BCUT2D eigenvalue weighted by atomic mass is 10.2. The molecular formula is C13H21N5. The molecule has 0 atom stereocenters. The lowest BCUT2D eigenvalue weighted by molar-refractivity contribution is 0.581. The third-order valence-corrected chi connectivity index (χ3v) is 3.65. The summed E-state index contributed by atoms with van der Waals surface area (Å²) in [7, 11) is 0. The average molecular weight is 247 g/mol. The number of hydrogen-bond donors (Lipinski definition) is 2. The van der Waals surface area contributed by atoms with Crippen molar-refractivity contribution in [2.45, 2.75) is 0 Å². The van der Waals surface area contributed by atoms with Crippen LogP contribution < -0.4 is 20.4 Å². The van der Waals surface area contributed by atoms with Crippen molar-refractivity contribution in [1.29, 1.82) is 0 Å². The van der Waals surface area contributed by atoms with Gasteiger partial charge in [-0.25, -0.2) is 4.98 Å². The number of piperazine rings is 2. The summed E-state index contributed by atoms with van der Waals surface area (Å²) in [6, 6.07) is 4.35. The van der Waals surface area contributed by atoms with E-state index in [0.29, 0.717) is 0 Å². The second-order valence-electron chi connectivity index (χ2n) is 4.85. The molecule has 2 saturated heterocycles. The minimum Gasteiger partial charge on any atom is -0.369 e. The van der Waals surface area contributed by atoms with Crippen molar-refractivity contribution >= 4 is 11.5 Å². The molecule has 0 amide bonds. The summed E-state index contributed by atoms with van der Waals surface area (Å²) in [6.07, 6.45) is 1.94. The Morgan fingerprint density at radius 3 is 2.17 bits per heavy atom. The lowest BCUT2D eigenvalue weighted by Crippen LogP contribution is -2.45. The summed E-state index contributed by atoms with van der Waals surface area (Å²) < 4.78 is 0. The van der Waals surface area contributed by atoms with Gasteiger partial charge in [-0.15, -0.1) is 0 Å². The number of anilines is 2. The van der Waals surface area contributed by atoms with E-state index in [4.69, 9.17) is 0 Å². The quantitative estimate of drug-likeness (QED) is 0.764. The van der Waals surface area contributed by atoms with Gasteiger partial charge in [-0.3, -0.25) is 0 Å². The van der Waals surface area contributed by atoms with Gasteiger partial charge in [0.25, 0.3) is 0 Å². The maximum atomic E-state index is 4.51. The smallest absolute Gasteiger partial charge is 0.130 e. The summed E-state index contributed by atoms with van der Waals surface area (Å²) >= 11 is 0. The van der Waals surface area contributed by atoms with Crippen LogP contribution in [0, 0.1) is 0 Å². The SMILES string of the molecule is c1cc(N2CCNCC2)cc(N2CCNCC2)n1. The fourth-order valence-corrected chi connectivity index (χ4v) is 2.59. The van der Waals surface area contributed by atoms with E-state index < -0.39 is 0 Å². The van der Waals surface area contributed by atoms with Gasteiger partial charge in [0.15, 0.2) is 0 Å². The normalized spacial score (nSPS) is 21.1. The molecule has 0 saturated carbocycles. The highest BCUT2D eigenvalue weighted by molar-refractivity contribution is 5.55. The minimum atomic E-state index is 1.05. The molecule has 0 aliphatic carbocycles. The van der Waals surface area contributed by atoms with Crippen LogP contribution in [0.15, 0.2) is 18.3 Å². The summed E-state index contributed by atoms with van der Waals surface area (Å²) in [4.78, 5) is 9.31. The Labute approximate surface area is 108 Å². The Morgan fingerprint density at radius 2 is 1.50 bits per heavy atom. The van der Waals surface area contributed by atoms with Crippen molar-refractivity contribution in [1.82, 2.24) is 15.6 Å². The maximum Gasteiger partial charge on any atom is 0.130 e. The number of aromatic nitrogens is 1. The Morgan fingerprint density at radius 1 is 0.889 bits per heavy atom. The molecule has 18 heavy (non-hydrogen) atoms. The molecule has 0 unspecified atom stereocenters. The first-order valence-electron chi connectivity index (χ1n) is 6.81. The summed E-state index contributed by atoms with van der Waals surface area (Å²) in [5.74, 6) is 1.12. The predicted molar refractivity (Wildman–Crippen MR) is 74.4 cm³/mol. The molecule has 1 aromatic heterocycles. The zero-order valence-electron chi connectivity index (χ0n) is 10.7. The van der Waals surface area contributed by atoms with Crippen molar-refractivity contribution in [3.8, 4) is 0 Å². The molecule has 2 aliphatic rings. The average Bonchev–Trinajstić information content (AvgIpc) is 2.49. The number of nitrogens with zero attached hydrogens (tertiary/aromatic N) is 3. The minimum absolute atomic E-state index is 1.05. The topological polar surface area (TPSA) is 43.4 Å². The standard InChI is InChI=1S/C13H21N5/c1-2-16-13(18-9-5-15-6-10-18)11-12(1)17-7-3-14-4-8-17/h1-2,11,14-15H,3-10H2. The van der Waals surface area contributed by atoms with Gasteiger partial charge in [0.1, 0.15) is 5.82 Å². The molecule has 1 aromatic rings. The maximum absolute atomic E-state index is 4.51. The van der Waals surface area contributed by atoms with Crippen molar-refractivity contribution in [2.24, 2.45) is 0 Å². The third kappa shape index (κ3) is 2.57. The van der Waals surface area contributed by atoms with E-state index >= 15 is 0 Å². The van der Waals surface area contributed by atoms with Crippen molar-refractivity contribution in [2.75, 3.05) is 62.2 Å². The Bertz CT molecular complexity index is 349. The van der Waals surface area contributed by atoms with Crippen LogP contribution in [0.1, 0.15) is 0 Å². The number of hydrogen-bond acceptors (Lipinski definition) is 5. The Kier molecular flexibility index (Phi) is 3.61. The zero-order chi connectivity index (χ0) is 12.2. The van der Waals surface area contributed by atoms with Crippen molar-refractivity contribution in [3.05, 3.63) is 18.3 Å². The van der Waals surface area contributed by atoms with Crippen LogP contribution >= 0.6 is 0 Å². The van der Waals surface area contributed by atoms with Crippen molar-refractivity contribution in [3.63, 3.8) is 0 Å². The van der Waals surface area contributed by atoms with E-state index in [1.807, 2.05) is 6.20 Å². The first kappa shape index (κ1) is 11.7. The van der Waals surface area contributed by atoms with Gasteiger partial charge in [0, 0.05) is 70.3 Å². The molecule has 0 spiro atoms. The molecule has 0 aromatic carbocycles. The predicted octanol–water partition coefficient (Wildman–Crippen LogP) is -0.0992. The summed E-state index contributed by atoms with van der Waals surface area (Å²) in [5.41, 5.74) is 1.31. The molecule has 5 nitrogen and oxygen atoms in total. The lowest BCUT2D eigenvalue weighted by Gasteiger charge is -2.32. The Hall–Kier alpha value is -1.33. The molecular weight excluding hydrogens is 226 g/mol. The van der Waals surface area contributed by atoms with Crippen LogP contribution in [0.3, 0.4) is 0 Å². The largest absolute Gasteiger partial charge is 0.369 e. The monoisotopic (exact) mass is 247 g/mol. The van der Waals surface area contributed by atoms with Gasteiger partial charge >= 0.3 is 0 Å². The van der Waals surface area contributed by atoms with Crippen molar-refractivity contribution < 1.29 is 0 Å². The molecule has 2 fully saturated rings. The second kappa shape index (κ2) is 5.54. The van der Waals surface area contributed by atoms with Crippen LogP contribution in [0.25, 0.3) is 0 Å². The molecule has 98 valence electrons. The van der Waals surface area contributed by atoms with E-state index in [-0.39, 0.29) is 0 Å². The van der Waals surface area contributed by atoms with Gasteiger partial charge in [0.05, 0.1) is 0 Å². The molecule has 2 N–H and O–H groups in total. The molecule has 0 bridgehead atoms. The molecule has 2 aliphatic heterocycles. The first-order valence-corrected chi connectivity index (χ1v) is 6.81. The number of nitrogens with one attached hydrogen (secondary N) is 2. The van der Waals surface area contributed by atoms with E-state index in [1.165, 1.54) is 5.69 Å². The highest BCUT2D eigenvalue weighted by Gasteiger charge is 2.15. The zero-order valence-corrected chi connectivity index (χ0v) is 10.7. The fourth-order valence-electron chi connectivity index (χ4n) is 2.59. The highest BCUT2D eigenvalue weighted by Crippen LogP contribution is 2.20. The van der Waals surface area contributed by atoms with E-state index in [0.717, 1.165) is 58.2 Å². The molecule has 3 heterocycles. The van der Waals surface area contributed by atoms with Crippen LogP contribution in [0.2, 0.25) is 0 Å². The molecule has 0 radical (unpaired) electrons.